The van der Waals surface area contributed by atoms with E-state index in [-0.39, 0.29) is 11.7 Å². The normalized spacial score (nSPS) is 10.9. The Kier molecular flexibility index (Phi) is 4.53. The molecule has 0 bridgehead atoms. The summed E-state index contributed by atoms with van der Waals surface area (Å²) in [5.41, 5.74) is -0.428. The molecule has 0 atom stereocenters. The maximum Gasteiger partial charge on any atom is 0.331 e. The van der Waals surface area contributed by atoms with Gasteiger partial charge in [0.2, 0.25) is 0 Å². The Balaban J connectivity index is 2.84. The fraction of sp³-hybridized carbons (Fsp3) is 0.462. The van der Waals surface area contributed by atoms with Crippen LogP contribution in [0.25, 0.3) is 0 Å². The summed E-state index contributed by atoms with van der Waals surface area (Å²) in [7, 11) is 1.40. The van der Waals surface area contributed by atoms with Crippen LogP contribution in [0.2, 0.25) is 0 Å². The molecule has 0 spiro atoms. The molecule has 0 saturated carbocycles. The number of benzene rings is 1. The number of carbonyl (C=O) groups excluding carboxylic acids is 1. The second-order valence-corrected chi connectivity index (χ2v) is 4.32. The van der Waals surface area contributed by atoms with Gasteiger partial charge in [0, 0.05) is 11.8 Å². The second kappa shape index (κ2) is 5.71. The van der Waals surface area contributed by atoms with Gasteiger partial charge >= 0.3 is 5.97 Å². The van der Waals surface area contributed by atoms with E-state index in [9.17, 15) is 9.18 Å². The molecular formula is C13H18FNO3. The standard InChI is InChI=1S/C13H18FNO3/c1-5-18-12(16)13(2,3)15-9-6-7-11(17-4)10(14)8-9/h6-8,15H,5H2,1-4H3. The van der Waals surface area contributed by atoms with Crippen molar-refractivity contribution in [1.29, 1.82) is 0 Å². The average Bonchev–Trinajstić information content (AvgIpc) is 2.29. The molecule has 0 aromatic heterocycles. The molecule has 0 aliphatic rings. The summed E-state index contributed by atoms with van der Waals surface area (Å²) in [4.78, 5) is 11.7. The molecule has 5 heteroatoms. The zero-order chi connectivity index (χ0) is 13.8. The number of nitrogens with one attached hydrogen (secondary N) is 1. The molecule has 0 aliphatic carbocycles. The van der Waals surface area contributed by atoms with Crippen molar-refractivity contribution in [2.75, 3.05) is 19.0 Å². The first-order valence-corrected chi connectivity index (χ1v) is 5.69. The maximum absolute atomic E-state index is 13.5. The molecule has 100 valence electrons. The minimum Gasteiger partial charge on any atom is -0.494 e. The van der Waals surface area contributed by atoms with Crippen molar-refractivity contribution in [3.05, 3.63) is 24.0 Å². The van der Waals surface area contributed by atoms with Gasteiger partial charge in [-0.25, -0.2) is 9.18 Å². The lowest BCUT2D eigenvalue weighted by Gasteiger charge is -2.25. The van der Waals surface area contributed by atoms with Crippen molar-refractivity contribution < 1.29 is 18.7 Å². The van der Waals surface area contributed by atoms with Gasteiger partial charge < -0.3 is 14.8 Å². The predicted octanol–water partition coefficient (Wildman–Crippen LogP) is 2.59. The van der Waals surface area contributed by atoms with Crippen LogP contribution in [-0.4, -0.2) is 25.2 Å². The topological polar surface area (TPSA) is 47.6 Å². The number of rotatable bonds is 5. The van der Waals surface area contributed by atoms with Crippen LogP contribution in [-0.2, 0) is 9.53 Å². The molecule has 4 nitrogen and oxygen atoms in total. The van der Waals surface area contributed by atoms with Crippen LogP contribution < -0.4 is 10.1 Å². The Morgan fingerprint density at radius 3 is 2.61 bits per heavy atom. The number of hydrogen-bond acceptors (Lipinski definition) is 4. The molecule has 1 aromatic rings. The first-order chi connectivity index (χ1) is 8.40. The molecule has 0 fully saturated rings. The summed E-state index contributed by atoms with van der Waals surface area (Å²) in [5.74, 6) is -0.710. The van der Waals surface area contributed by atoms with Gasteiger partial charge in [-0.15, -0.1) is 0 Å². The quantitative estimate of drug-likeness (QED) is 0.821. The lowest BCUT2D eigenvalue weighted by molar-refractivity contribution is -0.147. The molecule has 18 heavy (non-hydrogen) atoms. The monoisotopic (exact) mass is 255 g/mol. The number of anilines is 1. The Morgan fingerprint density at radius 2 is 2.11 bits per heavy atom. The Labute approximate surface area is 106 Å². The first kappa shape index (κ1) is 14.3. The molecule has 1 N–H and O–H groups in total. The van der Waals surface area contributed by atoms with Crippen LogP contribution in [0, 0.1) is 5.82 Å². The summed E-state index contributed by atoms with van der Waals surface area (Å²) in [6.07, 6.45) is 0. The molecule has 0 heterocycles. The van der Waals surface area contributed by atoms with Gasteiger partial charge in [0.25, 0.3) is 0 Å². The van der Waals surface area contributed by atoms with Gasteiger partial charge in [-0.3, -0.25) is 0 Å². The SMILES string of the molecule is CCOC(=O)C(C)(C)Nc1ccc(OC)c(F)c1. The van der Waals surface area contributed by atoms with Gasteiger partial charge in [-0.1, -0.05) is 0 Å². The fourth-order valence-corrected chi connectivity index (χ4v) is 1.47. The smallest absolute Gasteiger partial charge is 0.331 e. The van der Waals surface area contributed by atoms with E-state index in [4.69, 9.17) is 9.47 Å². The highest BCUT2D eigenvalue weighted by Crippen LogP contribution is 2.23. The van der Waals surface area contributed by atoms with Gasteiger partial charge in [-0.05, 0) is 32.9 Å². The van der Waals surface area contributed by atoms with Crippen LogP contribution in [0.3, 0.4) is 0 Å². The third-order valence-electron chi connectivity index (χ3n) is 2.39. The van der Waals surface area contributed by atoms with Crippen LogP contribution >= 0.6 is 0 Å². The lowest BCUT2D eigenvalue weighted by atomic mass is 10.1. The van der Waals surface area contributed by atoms with E-state index in [1.807, 2.05) is 0 Å². The molecular weight excluding hydrogens is 237 g/mol. The van der Waals surface area contributed by atoms with E-state index in [2.05, 4.69) is 5.32 Å². The van der Waals surface area contributed by atoms with Crippen LogP contribution in [0.15, 0.2) is 18.2 Å². The minimum absolute atomic E-state index is 0.162. The Hall–Kier alpha value is -1.78. The highest BCUT2D eigenvalue weighted by atomic mass is 19.1. The Bertz CT molecular complexity index is 432. The number of hydrogen-bond donors (Lipinski definition) is 1. The van der Waals surface area contributed by atoms with Crippen molar-refractivity contribution >= 4 is 11.7 Å². The van der Waals surface area contributed by atoms with E-state index >= 15 is 0 Å². The highest BCUT2D eigenvalue weighted by Gasteiger charge is 2.29. The molecule has 1 aromatic carbocycles. The highest BCUT2D eigenvalue weighted by molar-refractivity contribution is 5.83. The van der Waals surface area contributed by atoms with Crippen LogP contribution in [0.4, 0.5) is 10.1 Å². The zero-order valence-corrected chi connectivity index (χ0v) is 11.0. The van der Waals surface area contributed by atoms with E-state index in [0.29, 0.717) is 12.3 Å². The summed E-state index contributed by atoms with van der Waals surface area (Å²) < 4.78 is 23.2. The molecule has 0 aliphatic heterocycles. The number of methoxy groups -OCH3 is 1. The summed E-state index contributed by atoms with van der Waals surface area (Å²) in [6, 6.07) is 4.42. The van der Waals surface area contributed by atoms with Gasteiger partial charge in [0.1, 0.15) is 5.54 Å². The molecule has 1 rings (SSSR count). The third-order valence-corrected chi connectivity index (χ3v) is 2.39. The maximum atomic E-state index is 13.5. The lowest BCUT2D eigenvalue weighted by Crippen LogP contribution is -2.41. The van der Waals surface area contributed by atoms with Crippen molar-refractivity contribution in [3.8, 4) is 5.75 Å². The molecule has 0 radical (unpaired) electrons. The van der Waals surface area contributed by atoms with Crippen molar-refractivity contribution in [2.45, 2.75) is 26.3 Å². The summed E-state index contributed by atoms with van der Waals surface area (Å²) >= 11 is 0. The number of ether oxygens (including phenoxy) is 2. The Morgan fingerprint density at radius 1 is 1.44 bits per heavy atom. The van der Waals surface area contributed by atoms with Gasteiger partial charge in [0.15, 0.2) is 11.6 Å². The molecule has 0 saturated heterocycles. The third kappa shape index (κ3) is 3.35. The average molecular weight is 255 g/mol. The molecule has 0 amide bonds. The number of carbonyl (C=O) groups is 1. The summed E-state index contributed by atoms with van der Waals surface area (Å²) in [5, 5.41) is 2.92. The van der Waals surface area contributed by atoms with E-state index in [1.54, 1.807) is 26.8 Å². The predicted molar refractivity (Wildman–Crippen MR) is 67.3 cm³/mol. The second-order valence-electron chi connectivity index (χ2n) is 4.32. The molecule has 0 unspecified atom stereocenters. The van der Waals surface area contributed by atoms with E-state index in [1.165, 1.54) is 19.2 Å². The van der Waals surface area contributed by atoms with Gasteiger partial charge in [-0.2, -0.15) is 0 Å². The summed E-state index contributed by atoms with van der Waals surface area (Å²) in [6.45, 7) is 5.39. The minimum atomic E-state index is -0.920. The van der Waals surface area contributed by atoms with Crippen molar-refractivity contribution in [3.63, 3.8) is 0 Å². The van der Waals surface area contributed by atoms with Crippen LogP contribution in [0.5, 0.6) is 5.75 Å². The largest absolute Gasteiger partial charge is 0.494 e. The van der Waals surface area contributed by atoms with Gasteiger partial charge in [0.05, 0.1) is 13.7 Å². The number of esters is 1. The van der Waals surface area contributed by atoms with Crippen molar-refractivity contribution in [1.82, 2.24) is 0 Å². The van der Waals surface area contributed by atoms with Crippen LogP contribution in [0.1, 0.15) is 20.8 Å². The van der Waals surface area contributed by atoms with E-state index < -0.39 is 11.4 Å². The zero-order valence-electron chi connectivity index (χ0n) is 11.0. The fourth-order valence-electron chi connectivity index (χ4n) is 1.47. The van der Waals surface area contributed by atoms with Crippen molar-refractivity contribution in [2.24, 2.45) is 0 Å². The first-order valence-electron chi connectivity index (χ1n) is 5.69. The van der Waals surface area contributed by atoms with E-state index in [0.717, 1.165) is 0 Å². The number of halogens is 1.